The highest BCUT2D eigenvalue weighted by Gasteiger charge is 2.36. The maximum absolute atomic E-state index is 12.5. The Hall–Kier alpha value is -2.33. The molecule has 2 amide bonds. The third-order valence-electron chi connectivity index (χ3n) is 4.14. The number of carbonyl (C=O) groups is 2. The van der Waals surface area contributed by atoms with E-state index in [9.17, 15) is 9.59 Å². The van der Waals surface area contributed by atoms with Gasteiger partial charge < -0.3 is 4.74 Å². The molecule has 0 unspecified atom stereocenters. The van der Waals surface area contributed by atoms with Gasteiger partial charge in [-0.2, -0.15) is 0 Å². The number of rotatable bonds is 4. The van der Waals surface area contributed by atoms with Crippen LogP contribution in [0.25, 0.3) is 0 Å². The standard InChI is InChI=1S/C18H14ClNO3/c19-15-9-12(7-8-16(15)23-10-11-5-6-11)20-17(21)13-3-1-2-4-14(13)18(20)22/h1-4,7-9,11H,5-6,10H2. The van der Waals surface area contributed by atoms with Gasteiger partial charge in [0.15, 0.2) is 0 Å². The predicted molar refractivity (Wildman–Crippen MR) is 87.3 cm³/mol. The Labute approximate surface area is 138 Å². The number of halogens is 1. The van der Waals surface area contributed by atoms with Crippen LogP contribution in [0.2, 0.25) is 5.02 Å². The number of carbonyl (C=O) groups excluding carboxylic acids is 2. The molecule has 2 aliphatic rings. The number of anilines is 1. The molecule has 5 heteroatoms. The van der Waals surface area contributed by atoms with E-state index >= 15 is 0 Å². The van der Waals surface area contributed by atoms with Crippen molar-refractivity contribution in [3.05, 3.63) is 58.6 Å². The summed E-state index contributed by atoms with van der Waals surface area (Å²) in [6.45, 7) is 0.659. The van der Waals surface area contributed by atoms with E-state index in [-0.39, 0.29) is 11.8 Å². The van der Waals surface area contributed by atoms with Crippen LogP contribution in [0.3, 0.4) is 0 Å². The van der Waals surface area contributed by atoms with Crippen molar-refractivity contribution < 1.29 is 14.3 Å². The van der Waals surface area contributed by atoms with Crippen molar-refractivity contribution in [1.29, 1.82) is 0 Å². The number of hydrogen-bond acceptors (Lipinski definition) is 3. The van der Waals surface area contributed by atoms with Crippen molar-refractivity contribution in [2.45, 2.75) is 12.8 Å². The Balaban J connectivity index is 1.62. The van der Waals surface area contributed by atoms with Crippen LogP contribution in [0, 0.1) is 5.92 Å². The Morgan fingerprint density at radius 2 is 1.70 bits per heavy atom. The van der Waals surface area contributed by atoms with Crippen LogP contribution in [-0.2, 0) is 0 Å². The molecule has 1 saturated carbocycles. The van der Waals surface area contributed by atoms with Gasteiger partial charge in [-0.25, -0.2) is 4.90 Å². The summed E-state index contributed by atoms with van der Waals surface area (Å²) in [5, 5.41) is 0.403. The van der Waals surface area contributed by atoms with Crippen molar-refractivity contribution in [1.82, 2.24) is 0 Å². The Morgan fingerprint density at radius 3 is 2.26 bits per heavy atom. The fourth-order valence-corrected chi connectivity index (χ4v) is 2.89. The first kappa shape index (κ1) is 14.3. The molecule has 2 aromatic rings. The molecule has 1 aliphatic carbocycles. The van der Waals surface area contributed by atoms with Gasteiger partial charge in [-0.05, 0) is 49.1 Å². The van der Waals surface area contributed by atoms with E-state index < -0.39 is 0 Å². The van der Waals surface area contributed by atoms with Crippen LogP contribution in [0.1, 0.15) is 33.6 Å². The van der Waals surface area contributed by atoms with E-state index in [1.165, 1.54) is 12.8 Å². The molecule has 0 bridgehead atoms. The minimum absolute atomic E-state index is 0.326. The van der Waals surface area contributed by atoms with Crippen molar-refractivity contribution in [3.8, 4) is 5.75 Å². The van der Waals surface area contributed by atoms with Crippen LogP contribution in [0.5, 0.6) is 5.75 Å². The summed E-state index contributed by atoms with van der Waals surface area (Å²) >= 11 is 6.24. The van der Waals surface area contributed by atoms with Gasteiger partial charge in [0.25, 0.3) is 11.8 Å². The molecule has 4 nitrogen and oxygen atoms in total. The smallest absolute Gasteiger partial charge is 0.266 e. The van der Waals surface area contributed by atoms with Crippen molar-refractivity contribution in [3.63, 3.8) is 0 Å². The average Bonchev–Trinajstić information content (AvgIpc) is 3.34. The average molecular weight is 328 g/mol. The second-order valence-corrected chi connectivity index (χ2v) is 6.27. The van der Waals surface area contributed by atoms with E-state index in [1.807, 2.05) is 0 Å². The third-order valence-corrected chi connectivity index (χ3v) is 4.43. The second kappa shape index (κ2) is 5.39. The maximum Gasteiger partial charge on any atom is 0.266 e. The Morgan fingerprint density at radius 1 is 1.04 bits per heavy atom. The van der Waals surface area contributed by atoms with Crippen LogP contribution < -0.4 is 9.64 Å². The number of nitrogens with zero attached hydrogens (tertiary/aromatic N) is 1. The molecule has 0 aromatic heterocycles. The highest BCUT2D eigenvalue weighted by Crippen LogP contribution is 2.35. The van der Waals surface area contributed by atoms with Gasteiger partial charge in [-0.3, -0.25) is 9.59 Å². The van der Waals surface area contributed by atoms with Crippen LogP contribution in [0.15, 0.2) is 42.5 Å². The first-order valence-electron chi connectivity index (χ1n) is 7.55. The SMILES string of the molecule is O=C1c2ccccc2C(=O)N1c1ccc(OCC2CC2)c(Cl)c1. The number of hydrogen-bond donors (Lipinski definition) is 0. The molecule has 23 heavy (non-hydrogen) atoms. The molecular weight excluding hydrogens is 314 g/mol. The Kier molecular flexibility index (Phi) is 3.34. The molecule has 1 fully saturated rings. The Bertz CT molecular complexity index is 779. The fraction of sp³-hybridized carbons (Fsp3) is 0.222. The third kappa shape index (κ3) is 2.49. The van der Waals surface area contributed by atoms with Gasteiger partial charge >= 0.3 is 0 Å². The van der Waals surface area contributed by atoms with Gasteiger partial charge in [0.1, 0.15) is 5.75 Å². The van der Waals surface area contributed by atoms with Crippen LogP contribution in [0.4, 0.5) is 5.69 Å². The lowest BCUT2D eigenvalue weighted by Crippen LogP contribution is -2.29. The molecular formula is C18H14ClNO3. The number of imide groups is 1. The minimum atomic E-state index is -0.326. The van der Waals surface area contributed by atoms with E-state index in [0.717, 1.165) is 4.90 Å². The molecule has 116 valence electrons. The maximum atomic E-state index is 12.5. The number of amides is 2. The predicted octanol–water partition coefficient (Wildman–Crippen LogP) is 3.93. The van der Waals surface area contributed by atoms with E-state index in [1.54, 1.807) is 42.5 Å². The highest BCUT2D eigenvalue weighted by molar-refractivity contribution is 6.36. The lowest BCUT2D eigenvalue weighted by molar-refractivity contribution is 0.0926. The molecule has 0 saturated heterocycles. The summed E-state index contributed by atoms with van der Waals surface area (Å²) in [5.41, 5.74) is 1.30. The number of benzene rings is 2. The fourth-order valence-electron chi connectivity index (χ4n) is 2.66. The minimum Gasteiger partial charge on any atom is -0.492 e. The van der Waals surface area contributed by atoms with E-state index in [2.05, 4.69) is 0 Å². The molecule has 0 atom stereocenters. The molecule has 2 aromatic carbocycles. The molecule has 1 heterocycles. The van der Waals surface area contributed by atoms with Gasteiger partial charge in [0.2, 0.25) is 0 Å². The summed E-state index contributed by atoms with van der Waals surface area (Å²) in [4.78, 5) is 26.1. The summed E-state index contributed by atoms with van der Waals surface area (Å²) in [7, 11) is 0. The van der Waals surface area contributed by atoms with Gasteiger partial charge in [-0.1, -0.05) is 23.7 Å². The zero-order chi connectivity index (χ0) is 16.0. The van der Waals surface area contributed by atoms with Crippen molar-refractivity contribution in [2.75, 3.05) is 11.5 Å². The zero-order valence-corrected chi connectivity index (χ0v) is 13.0. The first-order valence-corrected chi connectivity index (χ1v) is 7.93. The molecule has 1 aliphatic heterocycles. The largest absolute Gasteiger partial charge is 0.492 e. The lowest BCUT2D eigenvalue weighted by Gasteiger charge is -2.15. The second-order valence-electron chi connectivity index (χ2n) is 5.86. The first-order chi connectivity index (χ1) is 11.1. The normalized spacial score (nSPS) is 16.7. The van der Waals surface area contributed by atoms with Gasteiger partial charge in [0, 0.05) is 0 Å². The monoisotopic (exact) mass is 327 g/mol. The zero-order valence-electron chi connectivity index (χ0n) is 12.3. The molecule has 4 rings (SSSR count). The van der Waals surface area contributed by atoms with E-state index in [4.69, 9.17) is 16.3 Å². The lowest BCUT2D eigenvalue weighted by atomic mass is 10.1. The summed E-state index contributed by atoms with van der Waals surface area (Å²) < 4.78 is 5.67. The molecule has 0 spiro atoms. The highest BCUT2D eigenvalue weighted by atomic mass is 35.5. The summed E-state index contributed by atoms with van der Waals surface area (Å²) in [6.07, 6.45) is 2.40. The molecule has 0 radical (unpaired) electrons. The number of fused-ring (bicyclic) bond motifs is 1. The van der Waals surface area contributed by atoms with Crippen LogP contribution >= 0.6 is 11.6 Å². The van der Waals surface area contributed by atoms with E-state index in [0.29, 0.717) is 40.1 Å². The van der Waals surface area contributed by atoms with Crippen LogP contribution in [-0.4, -0.2) is 18.4 Å². The quantitative estimate of drug-likeness (QED) is 0.799. The molecule has 0 N–H and O–H groups in total. The topological polar surface area (TPSA) is 46.6 Å². The summed E-state index contributed by atoms with van der Waals surface area (Å²) in [6, 6.07) is 11.8. The van der Waals surface area contributed by atoms with Gasteiger partial charge in [-0.15, -0.1) is 0 Å². The van der Waals surface area contributed by atoms with Crippen molar-refractivity contribution in [2.24, 2.45) is 5.92 Å². The van der Waals surface area contributed by atoms with Gasteiger partial charge in [0.05, 0.1) is 28.4 Å². The summed E-state index contributed by atoms with van der Waals surface area (Å²) in [5.74, 6) is 0.558. The number of ether oxygens (including phenoxy) is 1. The van der Waals surface area contributed by atoms with Crippen molar-refractivity contribution >= 4 is 29.1 Å².